The highest BCUT2D eigenvalue weighted by Crippen LogP contribution is 2.30. The Hall–Kier alpha value is -2.87. The molecule has 0 aromatic heterocycles. The van der Waals surface area contributed by atoms with E-state index in [1.54, 1.807) is 0 Å². The fourth-order valence-electron chi connectivity index (χ4n) is 2.17. The summed E-state index contributed by atoms with van der Waals surface area (Å²) in [6.45, 7) is 0. The summed E-state index contributed by atoms with van der Waals surface area (Å²) in [6, 6.07) is 5.64. The van der Waals surface area contributed by atoms with Crippen molar-refractivity contribution in [1.82, 2.24) is 0 Å². The summed E-state index contributed by atoms with van der Waals surface area (Å²) in [5.74, 6) is 0.197. The molecule has 0 bridgehead atoms. The second-order valence-electron chi connectivity index (χ2n) is 5.25. The Kier molecular flexibility index (Phi) is 6.14. The maximum absolute atomic E-state index is 12.3. The quantitative estimate of drug-likeness (QED) is 0.498. The van der Waals surface area contributed by atoms with E-state index in [1.807, 2.05) is 0 Å². The number of carbonyl (C=O) groups is 1. The van der Waals surface area contributed by atoms with Crippen LogP contribution in [0.25, 0.3) is 0 Å². The van der Waals surface area contributed by atoms with Crippen LogP contribution in [-0.4, -0.2) is 46.2 Å². The Morgan fingerprint density at radius 3 is 1.43 bits per heavy atom. The molecule has 11 nitrogen and oxygen atoms in total. The first kappa shape index (κ1) is 21.4. The molecule has 28 heavy (non-hydrogen) atoms. The largest absolute Gasteiger partial charge is 0.495 e. The predicted octanol–water partition coefficient (Wildman–Crippen LogP) is 1.84. The zero-order valence-electron chi connectivity index (χ0n) is 14.5. The van der Waals surface area contributed by atoms with E-state index < -0.39 is 36.1 Å². The Balaban J connectivity index is 2.34. The normalized spacial score (nSPS) is 11.6. The molecule has 4 N–H and O–H groups in total. The molecule has 0 atom stereocenters. The van der Waals surface area contributed by atoms with Crippen molar-refractivity contribution in [2.75, 3.05) is 24.9 Å². The molecule has 13 heteroatoms. The molecule has 0 radical (unpaired) electrons. The van der Waals surface area contributed by atoms with Crippen LogP contribution in [0.2, 0.25) is 0 Å². The van der Waals surface area contributed by atoms with E-state index in [0.717, 1.165) is 24.3 Å². The molecule has 0 aliphatic rings. The first-order chi connectivity index (χ1) is 13.0. The van der Waals surface area contributed by atoms with E-state index in [4.69, 9.17) is 18.6 Å². The van der Waals surface area contributed by atoms with Crippen molar-refractivity contribution in [3.8, 4) is 11.5 Å². The van der Waals surface area contributed by atoms with Crippen molar-refractivity contribution in [3.63, 3.8) is 0 Å². The van der Waals surface area contributed by atoms with Crippen molar-refractivity contribution in [2.24, 2.45) is 0 Å². The monoisotopic (exact) mass is 432 g/mol. The first-order valence-corrected chi connectivity index (χ1v) is 10.2. The molecule has 0 fully saturated rings. The smallest absolute Gasteiger partial charge is 0.323 e. The summed E-state index contributed by atoms with van der Waals surface area (Å²) < 4.78 is 73.4. The van der Waals surface area contributed by atoms with Crippen molar-refractivity contribution in [2.45, 2.75) is 9.79 Å². The van der Waals surface area contributed by atoms with E-state index in [0.29, 0.717) is 0 Å². The van der Waals surface area contributed by atoms with Gasteiger partial charge in [0.1, 0.15) is 11.5 Å². The van der Waals surface area contributed by atoms with E-state index >= 15 is 0 Å². The number of carbonyl (C=O) groups excluding carboxylic acids is 1. The molecule has 2 aromatic rings. The number of anilines is 2. The molecular weight excluding hydrogens is 416 g/mol. The van der Waals surface area contributed by atoms with Crippen molar-refractivity contribution >= 4 is 37.6 Å². The summed E-state index contributed by atoms with van der Waals surface area (Å²) in [6.07, 6.45) is 0. The van der Waals surface area contributed by atoms with Gasteiger partial charge < -0.3 is 20.1 Å². The molecule has 0 saturated carbocycles. The lowest BCUT2D eigenvalue weighted by Crippen LogP contribution is -2.20. The number of methoxy groups -OCH3 is 2. The molecule has 0 heterocycles. The average Bonchev–Trinajstić information content (AvgIpc) is 2.60. The Morgan fingerprint density at radius 2 is 1.14 bits per heavy atom. The fourth-order valence-corrected chi connectivity index (χ4v) is 3.18. The van der Waals surface area contributed by atoms with Gasteiger partial charge in [-0.25, -0.2) is 4.79 Å². The van der Waals surface area contributed by atoms with Crippen LogP contribution < -0.4 is 20.1 Å². The SMILES string of the molecule is COc1ccc(S(=O)(=O)O)cc1NC(=O)Nc1cc(S(=O)(=O)O)ccc1OC. The minimum atomic E-state index is -4.52. The van der Waals surface area contributed by atoms with Gasteiger partial charge in [0.15, 0.2) is 0 Å². The molecule has 0 unspecified atom stereocenters. The molecule has 2 aromatic carbocycles. The molecule has 0 aliphatic heterocycles. The highest BCUT2D eigenvalue weighted by atomic mass is 32.2. The molecule has 0 saturated heterocycles. The average molecular weight is 432 g/mol. The second-order valence-corrected chi connectivity index (χ2v) is 8.10. The molecular formula is C15H16N2O9S2. The summed E-state index contributed by atoms with van der Waals surface area (Å²) in [5, 5.41) is 4.63. The lowest BCUT2D eigenvalue weighted by Gasteiger charge is -2.14. The van der Waals surface area contributed by atoms with Crippen LogP contribution in [0.1, 0.15) is 0 Å². The van der Waals surface area contributed by atoms with Crippen LogP contribution >= 0.6 is 0 Å². The number of rotatable bonds is 6. The number of amides is 2. The van der Waals surface area contributed by atoms with Crippen molar-refractivity contribution in [3.05, 3.63) is 36.4 Å². The number of hydrogen-bond donors (Lipinski definition) is 4. The van der Waals surface area contributed by atoms with Gasteiger partial charge in [-0.2, -0.15) is 16.8 Å². The molecule has 2 amide bonds. The summed E-state index contributed by atoms with van der Waals surface area (Å²) in [4.78, 5) is 11.3. The molecule has 2 rings (SSSR count). The van der Waals surface area contributed by atoms with Gasteiger partial charge in [0.2, 0.25) is 0 Å². The third kappa shape index (κ3) is 5.10. The predicted molar refractivity (Wildman–Crippen MR) is 98.3 cm³/mol. The lowest BCUT2D eigenvalue weighted by atomic mass is 10.3. The third-order valence-corrected chi connectivity index (χ3v) is 5.13. The second kappa shape index (κ2) is 8.02. The van der Waals surface area contributed by atoms with Crippen LogP contribution in [0.4, 0.5) is 16.2 Å². The van der Waals surface area contributed by atoms with Gasteiger partial charge in [-0.15, -0.1) is 0 Å². The van der Waals surface area contributed by atoms with Gasteiger partial charge >= 0.3 is 6.03 Å². The zero-order chi connectivity index (χ0) is 21.1. The maximum Gasteiger partial charge on any atom is 0.323 e. The minimum absolute atomic E-state index is 0.0833. The van der Waals surface area contributed by atoms with Crippen LogP contribution in [0, 0.1) is 0 Å². The number of nitrogens with one attached hydrogen (secondary N) is 2. The van der Waals surface area contributed by atoms with Crippen molar-refractivity contribution < 1.29 is 40.2 Å². The van der Waals surface area contributed by atoms with E-state index in [-0.39, 0.29) is 22.9 Å². The van der Waals surface area contributed by atoms with Crippen molar-refractivity contribution in [1.29, 1.82) is 0 Å². The van der Waals surface area contributed by atoms with Gasteiger partial charge in [0.25, 0.3) is 20.2 Å². The topological polar surface area (TPSA) is 168 Å². The summed E-state index contributed by atoms with van der Waals surface area (Å²) in [7, 11) is -6.47. The summed E-state index contributed by atoms with van der Waals surface area (Å²) >= 11 is 0. The van der Waals surface area contributed by atoms with Crippen LogP contribution in [0.3, 0.4) is 0 Å². The molecule has 0 spiro atoms. The number of hydrogen-bond acceptors (Lipinski definition) is 7. The lowest BCUT2D eigenvalue weighted by molar-refractivity contribution is 0.262. The Morgan fingerprint density at radius 1 is 0.786 bits per heavy atom. The minimum Gasteiger partial charge on any atom is -0.495 e. The van der Waals surface area contributed by atoms with Gasteiger partial charge in [-0.1, -0.05) is 0 Å². The first-order valence-electron chi connectivity index (χ1n) is 7.35. The maximum atomic E-state index is 12.3. The standard InChI is InChI=1S/C15H16N2O9S2/c1-25-13-5-3-9(27(19,20)21)7-11(13)16-15(18)17-12-8-10(28(22,23)24)4-6-14(12)26-2/h3-8H,1-2H3,(H2,16,17,18)(H,19,20,21)(H,22,23,24). The van der Waals surface area contributed by atoms with Gasteiger partial charge in [-0.3, -0.25) is 9.11 Å². The molecule has 0 aliphatic carbocycles. The Bertz CT molecular complexity index is 1020. The Labute approximate surface area is 160 Å². The van der Waals surface area contributed by atoms with Crippen LogP contribution in [-0.2, 0) is 20.2 Å². The van der Waals surface area contributed by atoms with Crippen LogP contribution in [0.5, 0.6) is 11.5 Å². The van der Waals surface area contributed by atoms with Gasteiger partial charge in [-0.05, 0) is 36.4 Å². The van der Waals surface area contributed by atoms with E-state index in [2.05, 4.69) is 10.6 Å². The highest BCUT2D eigenvalue weighted by molar-refractivity contribution is 7.86. The third-order valence-electron chi connectivity index (χ3n) is 3.43. The number of ether oxygens (including phenoxy) is 2. The fraction of sp³-hybridized carbons (Fsp3) is 0.133. The zero-order valence-corrected chi connectivity index (χ0v) is 16.2. The van der Waals surface area contributed by atoms with E-state index in [1.165, 1.54) is 26.4 Å². The van der Waals surface area contributed by atoms with Crippen LogP contribution in [0.15, 0.2) is 46.2 Å². The van der Waals surface area contributed by atoms with Gasteiger partial charge in [0, 0.05) is 0 Å². The highest BCUT2D eigenvalue weighted by Gasteiger charge is 2.17. The number of benzene rings is 2. The summed E-state index contributed by atoms with van der Waals surface area (Å²) in [5.41, 5.74) is -0.167. The molecule has 152 valence electrons. The van der Waals surface area contributed by atoms with Gasteiger partial charge in [0.05, 0.1) is 35.4 Å². The van der Waals surface area contributed by atoms with E-state index in [9.17, 15) is 21.6 Å². The number of urea groups is 1.